The van der Waals surface area contributed by atoms with Crippen LogP contribution in [0.3, 0.4) is 0 Å². The maximum absolute atomic E-state index is 11.4. The molecule has 4 aromatic carbocycles. The van der Waals surface area contributed by atoms with Gasteiger partial charge in [0.05, 0.1) is 13.7 Å². The number of hydrogen-bond acceptors (Lipinski definition) is 5. The maximum Gasteiger partial charge on any atom is 0.335 e. The first-order chi connectivity index (χ1) is 21.9. The zero-order valence-corrected chi connectivity index (χ0v) is 25.5. The van der Waals surface area contributed by atoms with Crippen LogP contribution < -0.4 is 19.2 Å². The van der Waals surface area contributed by atoms with E-state index in [1.165, 1.54) is 7.11 Å². The molecule has 0 saturated carbocycles. The molecule has 6 rings (SSSR count). The summed E-state index contributed by atoms with van der Waals surface area (Å²) >= 11 is 0. The van der Waals surface area contributed by atoms with E-state index in [0.717, 1.165) is 39.9 Å². The maximum atomic E-state index is 11.4. The predicted octanol–water partition coefficient (Wildman–Crippen LogP) is 7.12. The molecule has 1 aromatic heterocycles. The largest absolute Gasteiger partial charge is 0.667 e. The summed E-state index contributed by atoms with van der Waals surface area (Å²) in [6.45, 7) is 2.44. The Morgan fingerprint density at radius 1 is 0.867 bits per heavy atom. The van der Waals surface area contributed by atoms with E-state index in [2.05, 4.69) is 36.2 Å². The molecule has 45 heavy (non-hydrogen) atoms. The molecule has 0 radical (unpaired) electrons. The number of ether oxygens (including phenoxy) is 3. The van der Waals surface area contributed by atoms with Crippen molar-refractivity contribution in [1.82, 2.24) is 4.98 Å². The second kappa shape index (κ2) is 13.2. The van der Waals surface area contributed by atoms with Gasteiger partial charge >= 0.3 is 5.78 Å². The molecule has 0 aliphatic carbocycles. The Bertz CT molecular complexity index is 1790. The van der Waals surface area contributed by atoms with Crippen molar-refractivity contribution in [2.75, 3.05) is 13.7 Å². The van der Waals surface area contributed by atoms with Crippen molar-refractivity contribution in [3.63, 3.8) is 0 Å². The Morgan fingerprint density at radius 3 is 2.38 bits per heavy atom. The highest BCUT2D eigenvalue weighted by Gasteiger charge is 2.40. The summed E-state index contributed by atoms with van der Waals surface area (Å²) in [5, 5.41) is 21.2. The molecule has 230 valence electrons. The second-order valence-electron chi connectivity index (χ2n) is 11.2. The van der Waals surface area contributed by atoms with Gasteiger partial charge in [0.15, 0.2) is 17.1 Å². The summed E-state index contributed by atoms with van der Waals surface area (Å²) in [4.78, 5) is 15.8. The predicted molar refractivity (Wildman–Crippen MR) is 174 cm³/mol. The summed E-state index contributed by atoms with van der Waals surface area (Å²) in [7, 11) is 1.48. The number of carbonyl (C=O) groups excluding carboxylic acids is 1. The van der Waals surface area contributed by atoms with Crippen molar-refractivity contribution in [2.24, 2.45) is 0 Å². The fraction of sp³-hybridized carbons (Fsp3) is 0.237. The number of hydrogen-bond donors (Lipinski definition) is 2. The number of nitrogens with zero attached hydrogens (tertiary/aromatic N) is 1. The van der Waals surface area contributed by atoms with Gasteiger partial charge < -0.3 is 29.4 Å². The summed E-state index contributed by atoms with van der Waals surface area (Å²) in [5.74, 6) is 0.857. The van der Waals surface area contributed by atoms with Crippen molar-refractivity contribution in [3.05, 3.63) is 125 Å². The number of phenolic OH excluding ortho intramolecular Hbond substituents is 2. The molecule has 0 bridgehead atoms. The number of benzene rings is 4. The van der Waals surface area contributed by atoms with Crippen LogP contribution >= 0.6 is 0 Å². The summed E-state index contributed by atoms with van der Waals surface area (Å²) < 4.78 is 18.7. The fourth-order valence-corrected chi connectivity index (χ4v) is 5.87. The van der Waals surface area contributed by atoms with E-state index >= 15 is 0 Å². The molecule has 7 heteroatoms. The lowest BCUT2D eigenvalue weighted by molar-refractivity contribution is 0.195. The number of ketones is 1. The van der Waals surface area contributed by atoms with Gasteiger partial charge in [0.25, 0.3) is 0 Å². The van der Waals surface area contributed by atoms with Gasteiger partial charge in [-0.2, -0.15) is 11.9 Å². The molecule has 0 fully saturated rings. The van der Waals surface area contributed by atoms with Crippen molar-refractivity contribution >= 4 is 5.78 Å². The lowest BCUT2D eigenvalue weighted by Crippen LogP contribution is -2.23. The Hall–Kier alpha value is -5.17. The highest BCUT2D eigenvalue weighted by Crippen LogP contribution is 2.52. The van der Waals surface area contributed by atoms with Gasteiger partial charge in [-0.1, -0.05) is 86.1 Å². The third kappa shape index (κ3) is 6.38. The highest BCUT2D eigenvalue weighted by molar-refractivity contribution is 6.05. The van der Waals surface area contributed by atoms with E-state index in [9.17, 15) is 15.0 Å². The standard InChI is InChI=1S/C38H36NO6/c1-3-29-21-28(23-39-29)27-11-7-10-25(20-27)12-17-31-36-34(32(41)22-33(45-36)26-13-15-30(40)16-14-26)35(42)38(43-2)37(31)44-19-18-24-8-5-4-6-9-24/h4-11,13-16,20-21,23,33,40H,3,12,17-19,22H2,1-2H3,(H,41,42)/q-1/p+1. The number of aromatic nitrogens is 1. The normalized spacial score (nSPS) is 14.1. The van der Waals surface area contributed by atoms with Gasteiger partial charge in [0.1, 0.15) is 24.0 Å². The molecular weight excluding hydrogens is 566 g/mol. The van der Waals surface area contributed by atoms with Crippen LogP contribution in [0.5, 0.6) is 28.7 Å². The molecule has 1 unspecified atom stereocenters. The molecule has 1 aliphatic heterocycles. The smallest absolute Gasteiger partial charge is 0.335 e. The first-order valence-electron chi connectivity index (χ1n) is 15.3. The van der Waals surface area contributed by atoms with E-state index in [1.807, 2.05) is 42.6 Å². The molecule has 3 N–H and O–H groups in total. The number of phenols is 2. The van der Waals surface area contributed by atoms with Crippen molar-refractivity contribution in [3.8, 4) is 39.9 Å². The topological polar surface area (TPSA) is 104 Å². The molecule has 0 saturated heterocycles. The molecule has 1 aliphatic rings. The van der Waals surface area contributed by atoms with E-state index in [0.29, 0.717) is 42.9 Å². The van der Waals surface area contributed by atoms with Gasteiger partial charge in [0.2, 0.25) is 5.75 Å². The Morgan fingerprint density at radius 2 is 1.64 bits per heavy atom. The Kier molecular flexibility index (Phi) is 8.78. The van der Waals surface area contributed by atoms with E-state index in [4.69, 9.17) is 14.2 Å². The van der Waals surface area contributed by atoms with Crippen LogP contribution in [-0.2, 0) is 25.7 Å². The SMILES string of the molecule is CCc1cc(-c2cccc(CCc3c(OCCc4ccccc4)c(OC)c(O)c4c3OC(c3ccc(O)cc3)CC4=[OH+])c2)c[n-]1. The molecule has 0 amide bonds. The van der Waals surface area contributed by atoms with Gasteiger partial charge in [-0.15, -0.1) is 0 Å². The minimum atomic E-state index is -0.525. The van der Waals surface area contributed by atoms with Crippen molar-refractivity contribution in [2.45, 2.75) is 45.1 Å². The van der Waals surface area contributed by atoms with E-state index in [-0.39, 0.29) is 35.0 Å². The minimum absolute atomic E-state index is 0.000330. The van der Waals surface area contributed by atoms with Crippen LogP contribution in [0, 0.1) is 0 Å². The van der Waals surface area contributed by atoms with Gasteiger partial charge in [-0.05, 0) is 52.8 Å². The van der Waals surface area contributed by atoms with Crippen LogP contribution in [0.2, 0.25) is 0 Å². The number of aryl methyl sites for hydroxylation is 2. The van der Waals surface area contributed by atoms with Crippen molar-refractivity contribution < 1.29 is 29.2 Å². The molecule has 0 spiro atoms. The van der Waals surface area contributed by atoms with Crippen LogP contribution in [-0.4, -0.2) is 34.5 Å². The fourth-order valence-electron chi connectivity index (χ4n) is 5.87. The zero-order valence-electron chi connectivity index (χ0n) is 25.5. The van der Waals surface area contributed by atoms with Gasteiger partial charge in [-0.3, -0.25) is 4.79 Å². The van der Waals surface area contributed by atoms with Crippen LogP contribution in [0.25, 0.3) is 11.1 Å². The third-order valence-electron chi connectivity index (χ3n) is 8.29. The zero-order chi connectivity index (χ0) is 31.3. The lowest BCUT2D eigenvalue weighted by Gasteiger charge is -2.28. The quantitative estimate of drug-likeness (QED) is 0.156. The lowest BCUT2D eigenvalue weighted by atomic mass is 9.90. The minimum Gasteiger partial charge on any atom is -0.667 e. The van der Waals surface area contributed by atoms with Crippen molar-refractivity contribution in [1.29, 1.82) is 0 Å². The molecule has 2 heterocycles. The highest BCUT2D eigenvalue weighted by atomic mass is 16.5. The summed E-state index contributed by atoms with van der Waals surface area (Å²) in [6, 6.07) is 27.3. The monoisotopic (exact) mass is 603 g/mol. The van der Waals surface area contributed by atoms with Crippen LogP contribution in [0.4, 0.5) is 0 Å². The van der Waals surface area contributed by atoms with Crippen LogP contribution in [0.1, 0.15) is 53.0 Å². The van der Waals surface area contributed by atoms with Crippen LogP contribution in [0.15, 0.2) is 91.1 Å². The number of rotatable bonds is 11. The molecular formula is C38H37NO6. The van der Waals surface area contributed by atoms with E-state index < -0.39 is 6.10 Å². The number of aromatic hydroxyl groups is 2. The number of fused-ring (bicyclic) bond motifs is 1. The average molecular weight is 604 g/mol. The summed E-state index contributed by atoms with van der Waals surface area (Å²) in [6.07, 6.45) is 4.22. The van der Waals surface area contributed by atoms with E-state index in [1.54, 1.807) is 24.3 Å². The average Bonchev–Trinajstić information content (AvgIpc) is 3.55. The molecule has 7 nitrogen and oxygen atoms in total. The van der Waals surface area contributed by atoms with Gasteiger partial charge in [0, 0.05) is 12.0 Å². The first kappa shape index (κ1) is 29.9. The second-order valence-corrected chi connectivity index (χ2v) is 11.2. The Balaban J connectivity index is 1.38. The Labute approximate surface area is 263 Å². The molecule has 5 aromatic rings. The first-order valence-corrected chi connectivity index (χ1v) is 15.3. The van der Waals surface area contributed by atoms with Gasteiger partial charge in [-0.25, -0.2) is 0 Å². The third-order valence-corrected chi connectivity index (χ3v) is 8.29. The molecule has 1 atom stereocenters. The number of methoxy groups -OCH3 is 1. The summed E-state index contributed by atoms with van der Waals surface area (Å²) in [5.41, 5.74) is 7.20.